The number of aromatic nitrogens is 2. The van der Waals surface area contributed by atoms with E-state index in [1.807, 2.05) is 0 Å². The number of alkyl halides is 3. The highest BCUT2D eigenvalue weighted by molar-refractivity contribution is 5.58. The number of benzene rings is 1. The molecule has 4 N–H and O–H groups in total. The van der Waals surface area contributed by atoms with Gasteiger partial charge in [-0.1, -0.05) is 6.07 Å². The first-order valence-electron chi connectivity index (χ1n) is 7.14. The number of ether oxygens (including phenoxy) is 1. The van der Waals surface area contributed by atoms with Gasteiger partial charge in [0.05, 0.1) is 12.2 Å². The zero-order chi connectivity index (χ0) is 17.6. The number of nitrogens with one attached hydrogen (secondary N) is 2. The summed E-state index contributed by atoms with van der Waals surface area (Å²) in [6, 6.07) is 6.21. The summed E-state index contributed by atoms with van der Waals surface area (Å²) in [5.74, 6) is 0.686. The standard InChI is InChI=1S/C15H18F3N5O/c1-24-9-11(19)8-21-14-20-6-5-13(23-14)22-12-4-2-3-10(7-12)15(16,17)18/h2-7,11H,8-9,19H2,1H3,(H2,20,21,22,23). The number of anilines is 3. The third-order valence-electron chi connectivity index (χ3n) is 3.02. The summed E-state index contributed by atoms with van der Waals surface area (Å²) >= 11 is 0. The fourth-order valence-electron chi connectivity index (χ4n) is 1.93. The van der Waals surface area contributed by atoms with Crippen molar-refractivity contribution in [2.45, 2.75) is 12.2 Å². The molecule has 0 aliphatic carbocycles. The normalized spacial score (nSPS) is 12.7. The van der Waals surface area contributed by atoms with Gasteiger partial charge in [0.15, 0.2) is 0 Å². The molecule has 6 nitrogen and oxygen atoms in total. The van der Waals surface area contributed by atoms with E-state index in [0.717, 1.165) is 12.1 Å². The molecule has 9 heteroatoms. The van der Waals surface area contributed by atoms with E-state index in [-0.39, 0.29) is 11.7 Å². The largest absolute Gasteiger partial charge is 0.416 e. The van der Waals surface area contributed by atoms with Crippen LogP contribution in [-0.4, -0.2) is 36.3 Å². The monoisotopic (exact) mass is 341 g/mol. The van der Waals surface area contributed by atoms with E-state index in [9.17, 15) is 13.2 Å². The zero-order valence-electron chi connectivity index (χ0n) is 13.0. The van der Waals surface area contributed by atoms with E-state index < -0.39 is 11.7 Å². The van der Waals surface area contributed by atoms with Crippen molar-refractivity contribution in [1.29, 1.82) is 0 Å². The van der Waals surface area contributed by atoms with Crippen LogP contribution in [0.5, 0.6) is 0 Å². The third kappa shape index (κ3) is 5.36. The van der Waals surface area contributed by atoms with Gasteiger partial charge in [-0.05, 0) is 24.3 Å². The Morgan fingerprint density at radius 3 is 2.79 bits per heavy atom. The van der Waals surface area contributed by atoms with Gasteiger partial charge in [0.25, 0.3) is 0 Å². The SMILES string of the molecule is COCC(N)CNc1nccc(Nc2cccc(C(F)(F)F)c2)n1. The first kappa shape index (κ1) is 18.0. The summed E-state index contributed by atoms with van der Waals surface area (Å²) in [6.07, 6.45) is -2.90. The van der Waals surface area contributed by atoms with Crippen LogP contribution in [0.2, 0.25) is 0 Å². The van der Waals surface area contributed by atoms with Crippen LogP contribution in [0, 0.1) is 0 Å². The lowest BCUT2D eigenvalue weighted by atomic mass is 10.2. The molecule has 0 saturated carbocycles. The Bertz CT molecular complexity index is 666. The molecule has 2 rings (SSSR count). The highest BCUT2D eigenvalue weighted by atomic mass is 19.4. The van der Waals surface area contributed by atoms with E-state index in [4.69, 9.17) is 10.5 Å². The minimum absolute atomic E-state index is 0.223. The Balaban J connectivity index is 2.04. The van der Waals surface area contributed by atoms with Crippen molar-refractivity contribution in [3.63, 3.8) is 0 Å². The third-order valence-corrected chi connectivity index (χ3v) is 3.02. The van der Waals surface area contributed by atoms with Crippen LogP contribution in [0.3, 0.4) is 0 Å². The Labute approximate surface area is 137 Å². The number of hydrogen-bond donors (Lipinski definition) is 3. The summed E-state index contributed by atoms with van der Waals surface area (Å²) in [7, 11) is 1.55. The first-order chi connectivity index (χ1) is 11.4. The summed E-state index contributed by atoms with van der Waals surface area (Å²) < 4.78 is 43.1. The second-order valence-corrected chi connectivity index (χ2v) is 5.07. The average molecular weight is 341 g/mol. The Kier molecular flexibility index (Phi) is 5.93. The molecule has 24 heavy (non-hydrogen) atoms. The van der Waals surface area contributed by atoms with Crippen LogP contribution in [0.15, 0.2) is 36.5 Å². The van der Waals surface area contributed by atoms with Crippen LogP contribution >= 0.6 is 0 Å². The van der Waals surface area contributed by atoms with Gasteiger partial charge in [-0.2, -0.15) is 18.2 Å². The average Bonchev–Trinajstić information content (AvgIpc) is 2.53. The molecule has 0 bridgehead atoms. The number of nitrogens with zero attached hydrogens (tertiary/aromatic N) is 2. The van der Waals surface area contributed by atoms with Crippen LogP contribution in [0.1, 0.15) is 5.56 Å². The second-order valence-electron chi connectivity index (χ2n) is 5.07. The van der Waals surface area contributed by atoms with Crippen LogP contribution in [0.4, 0.5) is 30.6 Å². The van der Waals surface area contributed by atoms with Gasteiger partial charge < -0.3 is 21.1 Å². The van der Waals surface area contributed by atoms with Crippen molar-refractivity contribution in [3.05, 3.63) is 42.1 Å². The number of methoxy groups -OCH3 is 1. The fourth-order valence-corrected chi connectivity index (χ4v) is 1.93. The smallest absolute Gasteiger partial charge is 0.383 e. The predicted octanol–water partition coefficient (Wildman–Crippen LogP) is 2.62. The molecule has 0 aliphatic heterocycles. The molecular formula is C15H18F3N5O. The predicted molar refractivity (Wildman–Crippen MR) is 85.1 cm³/mol. The quantitative estimate of drug-likeness (QED) is 0.718. The van der Waals surface area contributed by atoms with Crippen molar-refractivity contribution in [2.75, 3.05) is 30.9 Å². The topological polar surface area (TPSA) is 85.1 Å². The maximum atomic E-state index is 12.7. The van der Waals surface area contributed by atoms with E-state index in [1.54, 1.807) is 13.2 Å². The summed E-state index contributed by atoms with van der Waals surface area (Å²) in [6.45, 7) is 0.788. The van der Waals surface area contributed by atoms with Gasteiger partial charge in [0, 0.05) is 31.6 Å². The molecule has 1 aromatic carbocycles. The molecule has 1 atom stereocenters. The van der Waals surface area contributed by atoms with E-state index in [0.29, 0.717) is 24.9 Å². The molecular weight excluding hydrogens is 323 g/mol. The van der Waals surface area contributed by atoms with Gasteiger partial charge >= 0.3 is 6.18 Å². The van der Waals surface area contributed by atoms with Crippen molar-refractivity contribution >= 4 is 17.5 Å². The number of nitrogens with two attached hydrogens (primary N) is 1. The maximum Gasteiger partial charge on any atom is 0.416 e. The molecule has 130 valence electrons. The lowest BCUT2D eigenvalue weighted by molar-refractivity contribution is -0.137. The molecule has 0 aliphatic rings. The van der Waals surface area contributed by atoms with E-state index in [1.165, 1.54) is 18.3 Å². The van der Waals surface area contributed by atoms with Crippen LogP contribution < -0.4 is 16.4 Å². The van der Waals surface area contributed by atoms with Gasteiger partial charge in [-0.25, -0.2) is 4.98 Å². The van der Waals surface area contributed by atoms with Crippen molar-refractivity contribution in [1.82, 2.24) is 9.97 Å². The first-order valence-corrected chi connectivity index (χ1v) is 7.14. The van der Waals surface area contributed by atoms with Crippen molar-refractivity contribution in [2.24, 2.45) is 5.73 Å². The molecule has 1 unspecified atom stereocenters. The Hall–Kier alpha value is -2.39. The van der Waals surface area contributed by atoms with Crippen molar-refractivity contribution in [3.8, 4) is 0 Å². The molecule has 1 aromatic heterocycles. The van der Waals surface area contributed by atoms with Gasteiger partial charge in [0.2, 0.25) is 5.95 Å². The van der Waals surface area contributed by atoms with Gasteiger partial charge in [-0.15, -0.1) is 0 Å². The lowest BCUT2D eigenvalue weighted by Gasteiger charge is -2.13. The summed E-state index contributed by atoms with van der Waals surface area (Å²) in [4.78, 5) is 8.21. The Morgan fingerprint density at radius 1 is 1.29 bits per heavy atom. The zero-order valence-corrected chi connectivity index (χ0v) is 13.0. The van der Waals surface area contributed by atoms with Crippen molar-refractivity contribution < 1.29 is 17.9 Å². The van der Waals surface area contributed by atoms with Gasteiger partial charge in [0.1, 0.15) is 5.82 Å². The summed E-state index contributed by atoms with van der Waals surface area (Å²) in [5.41, 5.74) is 5.34. The molecule has 1 heterocycles. The molecule has 0 spiro atoms. The Morgan fingerprint density at radius 2 is 2.08 bits per heavy atom. The van der Waals surface area contributed by atoms with Crippen LogP contribution in [0.25, 0.3) is 0 Å². The molecule has 0 radical (unpaired) electrons. The number of rotatable bonds is 7. The number of halogens is 3. The molecule has 2 aromatic rings. The minimum atomic E-state index is -4.40. The second kappa shape index (κ2) is 7.93. The lowest BCUT2D eigenvalue weighted by Crippen LogP contribution is -2.33. The highest BCUT2D eigenvalue weighted by Crippen LogP contribution is 2.31. The summed E-state index contributed by atoms with van der Waals surface area (Å²) in [5, 5.41) is 5.77. The van der Waals surface area contributed by atoms with Crippen LogP contribution in [-0.2, 0) is 10.9 Å². The number of hydrogen-bond acceptors (Lipinski definition) is 6. The van der Waals surface area contributed by atoms with E-state index >= 15 is 0 Å². The van der Waals surface area contributed by atoms with Gasteiger partial charge in [-0.3, -0.25) is 0 Å². The molecule has 0 fully saturated rings. The highest BCUT2D eigenvalue weighted by Gasteiger charge is 2.30. The maximum absolute atomic E-state index is 12.7. The van der Waals surface area contributed by atoms with E-state index in [2.05, 4.69) is 20.6 Å². The molecule has 0 saturated heterocycles. The minimum Gasteiger partial charge on any atom is -0.383 e. The molecule has 0 amide bonds. The fraction of sp³-hybridized carbons (Fsp3) is 0.333.